The van der Waals surface area contributed by atoms with Gasteiger partial charge in [-0.3, -0.25) is 0 Å². The summed E-state index contributed by atoms with van der Waals surface area (Å²) in [6, 6.07) is 80.7. The van der Waals surface area contributed by atoms with E-state index in [1.165, 1.54) is 93.8 Å². The molecule has 0 aliphatic carbocycles. The highest BCUT2D eigenvalue weighted by Gasteiger charge is 2.45. The van der Waals surface area contributed by atoms with Gasteiger partial charge in [0, 0.05) is 27.2 Å². The van der Waals surface area contributed by atoms with E-state index in [4.69, 9.17) is 0 Å². The fraction of sp³-hybridized carbons (Fsp3) is 0.0182. The Morgan fingerprint density at radius 3 is 1.44 bits per heavy atom. The molecule has 0 bridgehead atoms. The van der Waals surface area contributed by atoms with Crippen molar-refractivity contribution in [2.75, 3.05) is 0 Å². The van der Waals surface area contributed by atoms with Crippen LogP contribution < -0.4 is 0 Å². The summed E-state index contributed by atoms with van der Waals surface area (Å²) in [4.78, 5) is 0. The van der Waals surface area contributed by atoms with Crippen molar-refractivity contribution in [3.63, 3.8) is 0 Å². The van der Waals surface area contributed by atoms with Crippen LogP contribution in [0.3, 0.4) is 0 Å². The zero-order valence-corrected chi connectivity index (χ0v) is 31.2. The van der Waals surface area contributed by atoms with Gasteiger partial charge in [-0.25, -0.2) is 0 Å². The zero-order chi connectivity index (χ0) is 37.5. The molecule has 1 aliphatic rings. The summed E-state index contributed by atoms with van der Waals surface area (Å²) >= 11 is 0. The predicted molar refractivity (Wildman–Crippen MR) is 238 cm³/mol. The SMILES string of the molecule is c1ccc(-c2ccc3c4ccccc4n(-c4ccc5c(c4)C(c4ccccc4)(c4ccccc4)c4cccc6c7ccc(-c8ccccc8)cc7n-5c46)c3c2)cc1. The molecule has 2 heteroatoms. The van der Waals surface area contributed by atoms with Gasteiger partial charge in [0.25, 0.3) is 0 Å². The second-order valence-corrected chi connectivity index (χ2v) is 15.3. The van der Waals surface area contributed by atoms with E-state index in [9.17, 15) is 0 Å². The van der Waals surface area contributed by atoms with E-state index in [0.717, 1.165) is 5.69 Å². The van der Waals surface area contributed by atoms with E-state index in [0.29, 0.717) is 0 Å². The van der Waals surface area contributed by atoms with Gasteiger partial charge in [0.15, 0.2) is 0 Å². The summed E-state index contributed by atoms with van der Waals surface area (Å²) in [6.07, 6.45) is 0. The van der Waals surface area contributed by atoms with E-state index in [1.807, 2.05) is 0 Å². The molecule has 2 nitrogen and oxygen atoms in total. The number of hydrogen-bond donors (Lipinski definition) is 0. The molecule has 1 aliphatic heterocycles. The third-order valence-corrected chi connectivity index (χ3v) is 12.4. The largest absolute Gasteiger partial charge is 0.309 e. The van der Waals surface area contributed by atoms with Crippen LogP contribution in [0.5, 0.6) is 0 Å². The van der Waals surface area contributed by atoms with Crippen molar-refractivity contribution in [3.8, 4) is 33.6 Å². The number of fused-ring (bicyclic) bond motifs is 8. The third-order valence-electron chi connectivity index (χ3n) is 12.4. The van der Waals surface area contributed by atoms with E-state index in [1.54, 1.807) is 0 Å². The molecule has 266 valence electrons. The van der Waals surface area contributed by atoms with Crippen LogP contribution in [0.1, 0.15) is 22.3 Å². The van der Waals surface area contributed by atoms with E-state index in [2.05, 4.69) is 228 Å². The second-order valence-electron chi connectivity index (χ2n) is 15.3. The number of aromatic nitrogens is 2. The first-order chi connectivity index (χ1) is 28.3. The molecular weight excluding hydrogens is 689 g/mol. The van der Waals surface area contributed by atoms with Crippen molar-refractivity contribution in [1.29, 1.82) is 0 Å². The lowest BCUT2D eigenvalue weighted by molar-refractivity contribution is 0.727. The molecule has 0 atom stereocenters. The van der Waals surface area contributed by atoms with E-state index >= 15 is 0 Å². The standard InChI is InChI=1S/C55H36N2/c1-5-16-37(17-6-1)39-28-31-45-44-24-13-14-27-50(44)56(52(45)34-39)43-30-33-51-49(36-43)55(41-20-9-3-10-21-41,42-22-11-4-12-23-42)48-26-15-25-47-46-32-29-40(38-18-7-2-8-19-38)35-53(46)57(51)54(47)48/h1-36H. The molecule has 3 heterocycles. The van der Waals surface area contributed by atoms with Gasteiger partial charge in [-0.05, 0) is 80.9 Å². The van der Waals surface area contributed by atoms with Crippen molar-refractivity contribution in [3.05, 3.63) is 241 Å². The molecule has 0 saturated carbocycles. The summed E-state index contributed by atoms with van der Waals surface area (Å²) in [6.45, 7) is 0. The number of rotatable bonds is 5. The Bertz CT molecular complexity index is 3280. The van der Waals surface area contributed by atoms with Crippen LogP contribution >= 0.6 is 0 Å². The average molecular weight is 725 g/mol. The third kappa shape index (κ3) is 4.53. The van der Waals surface area contributed by atoms with Crippen LogP contribution in [0.4, 0.5) is 0 Å². The summed E-state index contributed by atoms with van der Waals surface area (Å²) in [5.41, 5.74) is 16.5. The Morgan fingerprint density at radius 2 is 0.807 bits per heavy atom. The van der Waals surface area contributed by atoms with Crippen LogP contribution in [-0.2, 0) is 5.41 Å². The van der Waals surface area contributed by atoms with Crippen molar-refractivity contribution >= 4 is 43.6 Å². The Morgan fingerprint density at radius 1 is 0.298 bits per heavy atom. The van der Waals surface area contributed by atoms with Crippen LogP contribution in [0, 0.1) is 0 Å². The molecule has 0 unspecified atom stereocenters. The first-order valence-electron chi connectivity index (χ1n) is 19.8. The highest BCUT2D eigenvalue weighted by atomic mass is 15.0. The fourth-order valence-electron chi connectivity index (χ4n) is 9.96. The Labute approximate surface area is 331 Å². The summed E-state index contributed by atoms with van der Waals surface area (Å²) in [5, 5.41) is 5.02. The monoisotopic (exact) mass is 724 g/mol. The van der Waals surface area contributed by atoms with Crippen molar-refractivity contribution in [1.82, 2.24) is 9.13 Å². The molecule has 0 amide bonds. The van der Waals surface area contributed by atoms with E-state index < -0.39 is 5.41 Å². The maximum Gasteiger partial charge on any atom is 0.0743 e. The van der Waals surface area contributed by atoms with Crippen molar-refractivity contribution in [2.24, 2.45) is 0 Å². The first-order valence-corrected chi connectivity index (χ1v) is 19.8. The molecule has 0 radical (unpaired) electrons. The van der Waals surface area contributed by atoms with Crippen LogP contribution in [0.2, 0.25) is 0 Å². The van der Waals surface area contributed by atoms with Crippen molar-refractivity contribution < 1.29 is 0 Å². The van der Waals surface area contributed by atoms with Gasteiger partial charge in [0.1, 0.15) is 0 Å². The molecule has 2 aromatic heterocycles. The molecule has 0 fully saturated rings. The Hall–Kier alpha value is -7.42. The summed E-state index contributed by atoms with van der Waals surface area (Å²) < 4.78 is 5.03. The highest BCUT2D eigenvalue weighted by molar-refractivity contribution is 6.13. The minimum absolute atomic E-state index is 0.603. The topological polar surface area (TPSA) is 9.86 Å². The zero-order valence-electron chi connectivity index (χ0n) is 31.2. The van der Waals surface area contributed by atoms with Gasteiger partial charge < -0.3 is 9.13 Å². The van der Waals surface area contributed by atoms with Gasteiger partial charge >= 0.3 is 0 Å². The molecule has 12 rings (SSSR count). The van der Waals surface area contributed by atoms with Crippen molar-refractivity contribution in [2.45, 2.75) is 5.41 Å². The van der Waals surface area contributed by atoms with Gasteiger partial charge in [0.05, 0.1) is 33.2 Å². The maximum atomic E-state index is 2.55. The lowest BCUT2D eigenvalue weighted by Crippen LogP contribution is -2.35. The average Bonchev–Trinajstić information content (AvgIpc) is 3.81. The van der Waals surface area contributed by atoms with Gasteiger partial charge in [-0.15, -0.1) is 0 Å². The number of hydrogen-bond acceptors (Lipinski definition) is 0. The molecule has 57 heavy (non-hydrogen) atoms. The Balaban J connectivity index is 1.23. The maximum absolute atomic E-state index is 2.55. The molecule has 11 aromatic rings. The molecule has 0 N–H and O–H groups in total. The van der Waals surface area contributed by atoms with Gasteiger partial charge in [0.2, 0.25) is 0 Å². The van der Waals surface area contributed by atoms with Crippen LogP contribution in [-0.4, -0.2) is 9.13 Å². The van der Waals surface area contributed by atoms with E-state index in [-0.39, 0.29) is 0 Å². The van der Waals surface area contributed by atoms with Crippen LogP contribution in [0.15, 0.2) is 218 Å². The summed E-state index contributed by atoms with van der Waals surface area (Å²) in [7, 11) is 0. The van der Waals surface area contributed by atoms with Crippen LogP contribution in [0.25, 0.3) is 77.2 Å². The molecule has 9 aromatic carbocycles. The fourth-order valence-corrected chi connectivity index (χ4v) is 9.96. The minimum Gasteiger partial charge on any atom is -0.309 e. The molecular formula is C55H36N2. The normalized spacial score (nSPS) is 13.1. The number of benzene rings is 9. The first kappa shape index (κ1) is 31.9. The van der Waals surface area contributed by atoms with Gasteiger partial charge in [-0.2, -0.15) is 0 Å². The van der Waals surface area contributed by atoms with Gasteiger partial charge in [-0.1, -0.05) is 182 Å². The summed E-state index contributed by atoms with van der Waals surface area (Å²) in [5.74, 6) is 0. The lowest BCUT2D eigenvalue weighted by Gasteiger charge is -2.42. The highest BCUT2D eigenvalue weighted by Crippen LogP contribution is 2.55. The minimum atomic E-state index is -0.603. The smallest absolute Gasteiger partial charge is 0.0743 e. The molecule has 0 spiro atoms. The Kier molecular flexibility index (Phi) is 6.88. The lowest BCUT2D eigenvalue weighted by atomic mass is 9.63. The molecule has 0 saturated heterocycles. The quantitative estimate of drug-likeness (QED) is 0.167. The second kappa shape index (κ2) is 12.3. The number of nitrogens with zero attached hydrogens (tertiary/aromatic N) is 2. The predicted octanol–water partition coefficient (Wildman–Crippen LogP) is 13.9. The number of para-hydroxylation sites is 2.